The molecule has 6 heteroatoms. The number of pyridine rings is 2. The third-order valence-corrected chi connectivity index (χ3v) is 4.01. The summed E-state index contributed by atoms with van der Waals surface area (Å²) in [5.74, 6) is 0.245. The normalized spacial score (nSPS) is 18.5. The molecule has 0 N–H and O–H groups in total. The number of hydrogen-bond acceptors (Lipinski definition) is 4. The number of rotatable bonds is 6. The van der Waals surface area contributed by atoms with E-state index in [9.17, 15) is 8.78 Å². The van der Waals surface area contributed by atoms with Gasteiger partial charge in [-0.05, 0) is 37.1 Å². The molecule has 1 aliphatic rings. The van der Waals surface area contributed by atoms with Crippen molar-refractivity contribution >= 4 is 0 Å². The van der Waals surface area contributed by atoms with E-state index in [-0.39, 0.29) is 11.8 Å². The van der Waals surface area contributed by atoms with Gasteiger partial charge in [-0.15, -0.1) is 0 Å². The number of nitrogens with zero attached hydrogens (tertiary/aromatic N) is 3. The van der Waals surface area contributed by atoms with Crippen molar-refractivity contribution in [1.29, 1.82) is 0 Å². The first kappa shape index (κ1) is 15.8. The molecule has 1 aliphatic heterocycles. The minimum Gasteiger partial charge on any atom is -0.417 e. The molecular formula is C17H18F2N3O. The van der Waals surface area contributed by atoms with Crippen LogP contribution in [0.15, 0.2) is 36.5 Å². The maximum absolute atomic E-state index is 12.3. The molecule has 0 aliphatic carbocycles. The fourth-order valence-corrected chi connectivity index (χ4v) is 2.87. The molecule has 0 amide bonds. The molecule has 4 nitrogen and oxygen atoms in total. The van der Waals surface area contributed by atoms with Gasteiger partial charge >= 0.3 is 6.61 Å². The van der Waals surface area contributed by atoms with Gasteiger partial charge < -0.3 is 9.64 Å². The van der Waals surface area contributed by atoms with Crippen LogP contribution >= 0.6 is 0 Å². The number of likely N-dealkylation sites (tertiary alicyclic amines) is 1. The third kappa shape index (κ3) is 4.45. The number of hydrogen-bond donors (Lipinski definition) is 0. The van der Waals surface area contributed by atoms with Gasteiger partial charge in [-0.3, -0.25) is 4.98 Å². The lowest BCUT2D eigenvalue weighted by Crippen LogP contribution is -2.23. The molecule has 1 unspecified atom stereocenters. The monoisotopic (exact) mass is 318 g/mol. The lowest BCUT2D eigenvalue weighted by molar-refractivity contribution is -0.0529. The highest BCUT2D eigenvalue weighted by Gasteiger charge is 2.25. The van der Waals surface area contributed by atoms with E-state index in [0.717, 1.165) is 43.7 Å². The van der Waals surface area contributed by atoms with E-state index < -0.39 is 6.61 Å². The van der Waals surface area contributed by atoms with E-state index in [0.29, 0.717) is 0 Å². The Labute approximate surface area is 134 Å². The van der Waals surface area contributed by atoms with Crippen molar-refractivity contribution in [3.05, 3.63) is 54.0 Å². The Bertz CT molecular complexity index is 624. The molecule has 2 aromatic rings. The summed E-state index contributed by atoms with van der Waals surface area (Å²) in [4.78, 5) is 10.6. The molecule has 0 spiro atoms. The van der Waals surface area contributed by atoms with E-state index in [4.69, 9.17) is 0 Å². The van der Waals surface area contributed by atoms with Gasteiger partial charge in [-0.25, -0.2) is 4.98 Å². The molecule has 3 heterocycles. The summed E-state index contributed by atoms with van der Waals surface area (Å²) < 4.78 is 28.9. The molecule has 0 bridgehead atoms. The minimum atomic E-state index is -2.84. The van der Waals surface area contributed by atoms with Crippen LogP contribution in [-0.2, 0) is 6.42 Å². The predicted octanol–water partition coefficient (Wildman–Crippen LogP) is 2.91. The zero-order valence-electron chi connectivity index (χ0n) is 12.7. The van der Waals surface area contributed by atoms with E-state index in [1.165, 1.54) is 6.07 Å². The molecule has 3 rings (SSSR count). The van der Waals surface area contributed by atoms with Gasteiger partial charge in [0.1, 0.15) is 0 Å². The summed E-state index contributed by atoms with van der Waals surface area (Å²) in [5.41, 5.74) is 1.92. The zero-order chi connectivity index (χ0) is 16.1. The zero-order valence-corrected chi connectivity index (χ0v) is 12.7. The first-order valence-electron chi connectivity index (χ1n) is 7.66. The largest absolute Gasteiger partial charge is 0.417 e. The fourth-order valence-electron chi connectivity index (χ4n) is 2.87. The standard InChI is InChI=1S/C17H18F2N3O/c18-17(19)23-16-5-1-4-15(21-16)14-7-10-22(12-14)9-6-13-3-2-8-20-11-13/h1-5,8,14,17H,6-7,9-10,12H2. The number of alkyl halides is 2. The molecule has 121 valence electrons. The summed E-state index contributed by atoms with van der Waals surface area (Å²) >= 11 is 0. The van der Waals surface area contributed by atoms with Gasteiger partial charge in [0.15, 0.2) is 0 Å². The highest BCUT2D eigenvalue weighted by molar-refractivity contribution is 5.20. The molecule has 1 fully saturated rings. The van der Waals surface area contributed by atoms with Gasteiger partial charge in [-0.2, -0.15) is 8.78 Å². The molecule has 0 saturated carbocycles. The van der Waals surface area contributed by atoms with Crippen LogP contribution < -0.4 is 4.74 Å². The van der Waals surface area contributed by atoms with Crippen molar-refractivity contribution in [2.24, 2.45) is 0 Å². The molecule has 23 heavy (non-hydrogen) atoms. The Kier molecular flexibility index (Phi) is 5.12. The summed E-state index contributed by atoms with van der Waals surface area (Å²) in [5, 5.41) is 0. The van der Waals surface area contributed by atoms with Crippen molar-refractivity contribution in [3.8, 4) is 5.88 Å². The molecule has 1 saturated heterocycles. The number of halogens is 2. The van der Waals surface area contributed by atoms with Crippen LogP contribution in [0, 0.1) is 6.20 Å². The lowest BCUT2D eigenvalue weighted by Gasteiger charge is -2.16. The molecule has 1 radical (unpaired) electrons. The average molecular weight is 318 g/mol. The van der Waals surface area contributed by atoms with Crippen molar-refractivity contribution in [2.75, 3.05) is 19.6 Å². The smallest absolute Gasteiger partial charge is 0.388 e. The average Bonchev–Trinajstić information content (AvgIpc) is 3.03. The van der Waals surface area contributed by atoms with E-state index in [1.807, 2.05) is 18.2 Å². The van der Waals surface area contributed by atoms with Crippen LogP contribution in [0.25, 0.3) is 0 Å². The Morgan fingerprint density at radius 3 is 3.00 bits per heavy atom. The van der Waals surface area contributed by atoms with Crippen molar-refractivity contribution < 1.29 is 13.5 Å². The second-order valence-electron chi connectivity index (χ2n) is 5.59. The van der Waals surface area contributed by atoms with Crippen molar-refractivity contribution in [2.45, 2.75) is 25.4 Å². The van der Waals surface area contributed by atoms with Crippen LogP contribution in [0.1, 0.15) is 23.6 Å². The second kappa shape index (κ2) is 7.46. The van der Waals surface area contributed by atoms with Crippen molar-refractivity contribution in [3.63, 3.8) is 0 Å². The maximum atomic E-state index is 12.3. The van der Waals surface area contributed by atoms with E-state index in [2.05, 4.69) is 25.8 Å². The van der Waals surface area contributed by atoms with Crippen LogP contribution in [0.5, 0.6) is 5.88 Å². The summed E-state index contributed by atoms with van der Waals surface area (Å²) in [6.07, 6.45) is 6.58. The fraction of sp³-hybridized carbons (Fsp3) is 0.412. The second-order valence-corrected chi connectivity index (χ2v) is 5.59. The van der Waals surface area contributed by atoms with Gasteiger partial charge in [0.25, 0.3) is 0 Å². The van der Waals surface area contributed by atoms with Gasteiger partial charge in [0, 0.05) is 37.0 Å². The first-order chi connectivity index (χ1) is 11.2. The topological polar surface area (TPSA) is 38.2 Å². The molecular weight excluding hydrogens is 300 g/mol. The molecule has 1 atom stereocenters. The minimum absolute atomic E-state index is 0.0130. The Morgan fingerprint density at radius 2 is 2.22 bits per heavy atom. The number of ether oxygens (including phenoxy) is 1. The molecule has 2 aromatic heterocycles. The summed E-state index contributed by atoms with van der Waals surface area (Å²) in [6, 6.07) is 8.99. The van der Waals surface area contributed by atoms with E-state index in [1.54, 1.807) is 12.3 Å². The maximum Gasteiger partial charge on any atom is 0.388 e. The highest BCUT2D eigenvalue weighted by atomic mass is 19.3. The van der Waals surface area contributed by atoms with E-state index >= 15 is 0 Å². The highest BCUT2D eigenvalue weighted by Crippen LogP contribution is 2.27. The lowest BCUT2D eigenvalue weighted by atomic mass is 10.0. The van der Waals surface area contributed by atoms with Gasteiger partial charge in [0.2, 0.25) is 5.88 Å². The quantitative estimate of drug-likeness (QED) is 0.821. The van der Waals surface area contributed by atoms with Gasteiger partial charge in [0.05, 0.1) is 6.20 Å². The summed E-state index contributed by atoms with van der Waals surface area (Å²) in [7, 11) is 0. The summed E-state index contributed by atoms with van der Waals surface area (Å²) in [6.45, 7) is -0.0438. The Hall–Kier alpha value is -2.08. The van der Waals surface area contributed by atoms with Crippen molar-refractivity contribution in [1.82, 2.24) is 14.9 Å². The third-order valence-electron chi connectivity index (χ3n) is 4.01. The van der Waals surface area contributed by atoms with Crippen LogP contribution in [-0.4, -0.2) is 41.1 Å². The van der Waals surface area contributed by atoms with Crippen LogP contribution in [0.2, 0.25) is 0 Å². The van der Waals surface area contributed by atoms with Crippen LogP contribution in [0.3, 0.4) is 0 Å². The van der Waals surface area contributed by atoms with Crippen LogP contribution in [0.4, 0.5) is 8.78 Å². The van der Waals surface area contributed by atoms with Gasteiger partial charge in [-0.1, -0.05) is 12.1 Å². The predicted molar refractivity (Wildman–Crippen MR) is 81.4 cm³/mol. The Balaban J connectivity index is 1.55. The number of aromatic nitrogens is 2. The molecule has 0 aromatic carbocycles. The Morgan fingerprint density at radius 1 is 1.30 bits per heavy atom. The SMILES string of the molecule is FC(F)Oc1cccc(C2CCN(CCc3[c]nccc3)C2)n1. The first-order valence-corrected chi connectivity index (χ1v) is 7.66.